The van der Waals surface area contributed by atoms with E-state index in [1.807, 2.05) is 19.1 Å². The van der Waals surface area contributed by atoms with Gasteiger partial charge in [-0.05, 0) is 32.5 Å². The summed E-state index contributed by atoms with van der Waals surface area (Å²) in [4.78, 5) is 2.23. The maximum atomic E-state index is 5.64. The van der Waals surface area contributed by atoms with E-state index in [4.69, 9.17) is 4.74 Å². The first-order valence-corrected chi connectivity index (χ1v) is 7.01. The zero-order chi connectivity index (χ0) is 14.3. The summed E-state index contributed by atoms with van der Waals surface area (Å²) < 4.78 is 5.64. The Morgan fingerprint density at radius 2 is 1.89 bits per heavy atom. The maximum absolute atomic E-state index is 5.64. The van der Waals surface area contributed by atoms with Crippen LogP contribution in [0, 0.1) is 5.41 Å². The molecule has 1 N–H and O–H groups in total. The Morgan fingerprint density at radius 3 is 2.53 bits per heavy atom. The largest absolute Gasteiger partial charge is 0.494 e. The molecule has 108 valence electrons. The molecule has 0 amide bonds. The molecule has 0 spiro atoms. The fourth-order valence-electron chi connectivity index (χ4n) is 2.39. The standard InChI is InChI=1S/C16H28N2O/c1-6-19-15-10-8-7-9-14(15)11-17-12-16(2,3)13-18(4)5/h7-10,17H,6,11-13H2,1-5H3. The summed E-state index contributed by atoms with van der Waals surface area (Å²) in [6.07, 6.45) is 0. The summed E-state index contributed by atoms with van der Waals surface area (Å²) in [5.74, 6) is 0.989. The van der Waals surface area contributed by atoms with Crippen molar-refractivity contribution in [2.45, 2.75) is 27.3 Å². The maximum Gasteiger partial charge on any atom is 0.123 e. The van der Waals surface area contributed by atoms with Crippen LogP contribution in [0.1, 0.15) is 26.3 Å². The third-order valence-corrected chi connectivity index (χ3v) is 2.94. The van der Waals surface area contributed by atoms with Crippen molar-refractivity contribution in [2.24, 2.45) is 5.41 Å². The summed E-state index contributed by atoms with van der Waals surface area (Å²) >= 11 is 0. The normalized spacial score (nSPS) is 11.9. The Labute approximate surface area is 118 Å². The summed E-state index contributed by atoms with van der Waals surface area (Å²) in [5, 5.41) is 3.54. The number of rotatable bonds is 8. The van der Waals surface area contributed by atoms with Crippen LogP contribution in [0.5, 0.6) is 5.75 Å². The first-order valence-electron chi connectivity index (χ1n) is 7.01. The third-order valence-electron chi connectivity index (χ3n) is 2.94. The van der Waals surface area contributed by atoms with E-state index >= 15 is 0 Å². The number of para-hydroxylation sites is 1. The van der Waals surface area contributed by atoms with Gasteiger partial charge < -0.3 is 15.0 Å². The summed E-state index contributed by atoms with van der Waals surface area (Å²) in [7, 11) is 4.23. The first-order chi connectivity index (χ1) is 8.94. The smallest absolute Gasteiger partial charge is 0.123 e. The zero-order valence-electron chi connectivity index (χ0n) is 13.0. The fraction of sp³-hybridized carbons (Fsp3) is 0.625. The lowest BCUT2D eigenvalue weighted by molar-refractivity contribution is 0.231. The lowest BCUT2D eigenvalue weighted by Crippen LogP contribution is -2.37. The molecule has 1 aromatic carbocycles. The molecule has 1 aromatic rings. The van der Waals surface area contributed by atoms with E-state index in [1.165, 1.54) is 5.56 Å². The molecule has 0 fully saturated rings. The number of nitrogens with zero attached hydrogens (tertiary/aromatic N) is 1. The average molecular weight is 264 g/mol. The summed E-state index contributed by atoms with van der Waals surface area (Å²) in [6.45, 7) is 10.2. The quantitative estimate of drug-likeness (QED) is 0.781. The van der Waals surface area contributed by atoms with Crippen LogP contribution in [0.15, 0.2) is 24.3 Å². The van der Waals surface area contributed by atoms with E-state index < -0.39 is 0 Å². The fourth-order valence-corrected chi connectivity index (χ4v) is 2.39. The second-order valence-electron chi connectivity index (χ2n) is 6.05. The van der Waals surface area contributed by atoms with E-state index in [-0.39, 0.29) is 5.41 Å². The number of hydrogen-bond acceptors (Lipinski definition) is 3. The molecule has 0 bridgehead atoms. The molecule has 1 rings (SSSR count). The van der Waals surface area contributed by atoms with Gasteiger partial charge in [-0.15, -0.1) is 0 Å². The molecular weight excluding hydrogens is 236 g/mol. The monoisotopic (exact) mass is 264 g/mol. The van der Waals surface area contributed by atoms with Crippen LogP contribution in [0.4, 0.5) is 0 Å². The molecule has 0 aliphatic rings. The van der Waals surface area contributed by atoms with E-state index in [0.29, 0.717) is 6.61 Å². The predicted octanol–water partition coefficient (Wildman–Crippen LogP) is 2.76. The molecule has 0 saturated carbocycles. The van der Waals surface area contributed by atoms with Gasteiger partial charge in [0.05, 0.1) is 6.61 Å². The predicted molar refractivity (Wildman–Crippen MR) is 81.7 cm³/mol. The molecule has 0 radical (unpaired) electrons. The van der Waals surface area contributed by atoms with Crippen LogP contribution < -0.4 is 10.1 Å². The average Bonchev–Trinajstić information content (AvgIpc) is 2.29. The third kappa shape index (κ3) is 6.08. The van der Waals surface area contributed by atoms with Gasteiger partial charge in [0.25, 0.3) is 0 Å². The summed E-state index contributed by atoms with van der Waals surface area (Å²) in [6, 6.07) is 8.23. The van der Waals surface area contributed by atoms with E-state index in [1.54, 1.807) is 0 Å². The van der Waals surface area contributed by atoms with Crippen molar-refractivity contribution in [3.63, 3.8) is 0 Å². The minimum Gasteiger partial charge on any atom is -0.494 e. The molecule has 3 heteroatoms. The van der Waals surface area contributed by atoms with Gasteiger partial charge in [0.2, 0.25) is 0 Å². The number of benzene rings is 1. The second kappa shape index (κ2) is 7.51. The highest BCUT2D eigenvalue weighted by Gasteiger charge is 2.18. The van der Waals surface area contributed by atoms with Gasteiger partial charge in [0.1, 0.15) is 5.75 Å². The highest BCUT2D eigenvalue weighted by atomic mass is 16.5. The highest BCUT2D eigenvalue weighted by Crippen LogP contribution is 2.19. The van der Waals surface area contributed by atoms with Gasteiger partial charge in [-0.1, -0.05) is 32.0 Å². The van der Waals surface area contributed by atoms with Gasteiger partial charge in [0, 0.05) is 25.2 Å². The van der Waals surface area contributed by atoms with Crippen LogP contribution in [-0.4, -0.2) is 38.7 Å². The van der Waals surface area contributed by atoms with E-state index in [0.717, 1.165) is 25.4 Å². The molecule has 0 unspecified atom stereocenters. The van der Waals surface area contributed by atoms with Crippen LogP contribution in [0.3, 0.4) is 0 Å². The number of hydrogen-bond donors (Lipinski definition) is 1. The number of ether oxygens (including phenoxy) is 1. The first kappa shape index (κ1) is 16.0. The molecule has 19 heavy (non-hydrogen) atoms. The Morgan fingerprint density at radius 1 is 1.21 bits per heavy atom. The van der Waals surface area contributed by atoms with Gasteiger partial charge in [-0.25, -0.2) is 0 Å². The molecule has 0 aromatic heterocycles. The Hall–Kier alpha value is -1.06. The van der Waals surface area contributed by atoms with Gasteiger partial charge in [-0.3, -0.25) is 0 Å². The Kier molecular flexibility index (Phi) is 6.32. The lowest BCUT2D eigenvalue weighted by Gasteiger charge is -2.28. The second-order valence-corrected chi connectivity index (χ2v) is 6.05. The van der Waals surface area contributed by atoms with Crippen molar-refractivity contribution >= 4 is 0 Å². The van der Waals surface area contributed by atoms with Gasteiger partial charge in [0.15, 0.2) is 0 Å². The van der Waals surface area contributed by atoms with Crippen LogP contribution in [-0.2, 0) is 6.54 Å². The summed E-state index contributed by atoms with van der Waals surface area (Å²) in [5.41, 5.74) is 1.49. The van der Waals surface area contributed by atoms with Crippen molar-refractivity contribution < 1.29 is 4.74 Å². The van der Waals surface area contributed by atoms with Gasteiger partial charge in [-0.2, -0.15) is 0 Å². The van der Waals surface area contributed by atoms with Crippen LogP contribution in [0.25, 0.3) is 0 Å². The molecule has 0 heterocycles. The highest BCUT2D eigenvalue weighted by molar-refractivity contribution is 5.33. The van der Waals surface area contributed by atoms with Gasteiger partial charge >= 0.3 is 0 Å². The lowest BCUT2D eigenvalue weighted by atomic mass is 9.93. The van der Waals surface area contributed by atoms with E-state index in [9.17, 15) is 0 Å². The molecule has 0 saturated heterocycles. The molecule has 0 aliphatic carbocycles. The zero-order valence-corrected chi connectivity index (χ0v) is 13.0. The van der Waals surface area contributed by atoms with Crippen LogP contribution >= 0.6 is 0 Å². The SMILES string of the molecule is CCOc1ccccc1CNCC(C)(C)CN(C)C. The Balaban J connectivity index is 2.49. The Bertz CT molecular complexity index is 375. The molecule has 0 atom stereocenters. The molecule has 0 aliphatic heterocycles. The van der Waals surface area contributed by atoms with Crippen molar-refractivity contribution in [3.8, 4) is 5.75 Å². The van der Waals surface area contributed by atoms with E-state index in [2.05, 4.69) is 50.3 Å². The van der Waals surface area contributed by atoms with Crippen molar-refractivity contribution in [1.82, 2.24) is 10.2 Å². The van der Waals surface area contributed by atoms with Crippen molar-refractivity contribution in [2.75, 3.05) is 33.8 Å². The number of nitrogens with one attached hydrogen (secondary N) is 1. The topological polar surface area (TPSA) is 24.5 Å². The molecule has 3 nitrogen and oxygen atoms in total. The molecular formula is C16H28N2O. The van der Waals surface area contributed by atoms with Crippen LogP contribution in [0.2, 0.25) is 0 Å². The van der Waals surface area contributed by atoms with Crippen molar-refractivity contribution in [1.29, 1.82) is 0 Å². The van der Waals surface area contributed by atoms with Crippen molar-refractivity contribution in [3.05, 3.63) is 29.8 Å². The minimum atomic E-state index is 0.268. The minimum absolute atomic E-state index is 0.268.